The number of rotatable bonds is 4. The number of methoxy groups -OCH3 is 1. The molecule has 0 saturated heterocycles. The lowest BCUT2D eigenvalue weighted by Crippen LogP contribution is -2.19. The lowest BCUT2D eigenvalue weighted by molar-refractivity contribution is 0.262. The molecule has 0 aromatic heterocycles. The van der Waals surface area contributed by atoms with Crippen LogP contribution in [0.2, 0.25) is 0 Å². The molecule has 20 heavy (non-hydrogen) atoms. The van der Waals surface area contributed by atoms with Crippen LogP contribution in [0.3, 0.4) is 0 Å². The number of hydrogen-bond donors (Lipinski definition) is 2. The zero-order valence-electron chi connectivity index (χ0n) is 11.3. The fraction of sp³-hybridized carbons (Fsp3) is 0.133. The normalized spacial score (nSPS) is 9.90. The van der Waals surface area contributed by atoms with Crippen molar-refractivity contribution in [3.63, 3.8) is 0 Å². The van der Waals surface area contributed by atoms with Gasteiger partial charge in [0.05, 0.1) is 12.8 Å². The second kappa shape index (κ2) is 6.86. The summed E-state index contributed by atoms with van der Waals surface area (Å²) in [6, 6.07) is 14.6. The van der Waals surface area contributed by atoms with Gasteiger partial charge in [-0.2, -0.15) is 0 Å². The number of ether oxygens (including phenoxy) is 1. The highest BCUT2D eigenvalue weighted by Gasteiger charge is 2.07. The van der Waals surface area contributed by atoms with Crippen LogP contribution in [0.1, 0.15) is 0 Å². The van der Waals surface area contributed by atoms with E-state index in [9.17, 15) is 4.79 Å². The first kappa shape index (κ1) is 14.3. The predicted octanol–water partition coefficient (Wildman–Crippen LogP) is 4.06. The van der Waals surface area contributed by atoms with Gasteiger partial charge in [0.15, 0.2) is 0 Å². The van der Waals surface area contributed by atoms with Gasteiger partial charge in [-0.1, -0.05) is 18.2 Å². The highest BCUT2D eigenvalue weighted by atomic mass is 32.2. The third kappa shape index (κ3) is 3.68. The molecule has 2 N–H and O–H groups in total. The fourth-order valence-electron chi connectivity index (χ4n) is 1.73. The first-order valence-corrected chi connectivity index (χ1v) is 7.30. The Kier molecular flexibility index (Phi) is 4.90. The van der Waals surface area contributed by atoms with Crippen LogP contribution < -0.4 is 15.4 Å². The molecule has 0 radical (unpaired) electrons. The number of hydrogen-bond acceptors (Lipinski definition) is 3. The maximum Gasteiger partial charge on any atom is 0.323 e. The van der Waals surface area contributed by atoms with E-state index in [-0.39, 0.29) is 6.03 Å². The number of nitrogens with one attached hydrogen (secondary N) is 2. The quantitative estimate of drug-likeness (QED) is 0.834. The van der Waals surface area contributed by atoms with Gasteiger partial charge < -0.3 is 15.4 Å². The van der Waals surface area contributed by atoms with Gasteiger partial charge in [-0.25, -0.2) is 4.79 Å². The molecule has 2 aromatic rings. The van der Waals surface area contributed by atoms with Gasteiger partial charge >= 0.3 is 6.03 Å². The Morgan fingerprint density at radius 2 is 1.90 bits per heavy atom. The molecule has 0 heterocycles. The van der Waals surface area contributed by atoms with Crippen LogP contribution in [0.5, 0.6) is 5.75 Å². The number of amides is 2. The van der Waals surface area contributed by atoms with Gasteiger partial charge in [0.1, 0.15) is 5.75 Å². The zero-order chi connectivity index (χ0) is 14.4. The van der Waals surface area contributed by atoms with E-state index in [1.807, 2.05) is 42.7 Å². The molecule has 0 aliphatic rings. The van der Waals surface area contributed by atoms with Gasteiger partial charge in [-0.15, -0.1) is 11.8 Å². The minimum atomic E-state index is -0.298. The Labute approximate surface area is 122 Å². The fourth-order valence-corrected chi connectivity index (χ4v) is 2.19. The minimum Gasteiger partial charge on any atom is -0.495 e. The van der Waals surface area contributed by atoms with Crippen molar-refractivity contribution in [2.75, 3.05) is 24.0 Å². The van der Waals surface area contributed by atoms with Crippen LogP contribution in [0.15, 0.2) is 53.4 Å². The molecule has 0 aliphatic heterocycles. The summed E-state index contributed by atoms with van der Waals surface area (Å²) in [5.41, 5.74) is 1.39. The summed E-state index contributed by atoms with van der Waals surface area (Å²) in [4.78, 5) is 13.1. The van der Waals surface area contributed by atoms with Gasteiger partial charge in [0.2, 0.25) is 0 Å². The molecule has 5 heteroatoms. The third-order valence-corrected chi connectivity index (χ3v) is 3.41. The van der Waals surface area contributed by atoms with E-state index in [4.69, 9.17) is 4.74 Å². The molecule has 2 amide bonds. The summed E-state index contributed by atoms with van der Waals surface area (Å²) >= 11 is 1.63. The standard InChI is InChI=1S/C15H16N2O2S/c1-19-14-9-4-3-8-13(14)17-15(18)16-11-6-5-7-12(10-11)20-2/h3-10H,1-2H3,(H2,16,17,18). The summed E-state index contributed by atoms with van der Waals surface area (Å²) in [6.07, 6.45) is 1.99. The lowest BCUT2D eigenvalue weighted by Gasteiger charge is -2.11. The highest BCUT2D eigenvalue weighted by molar-refractivity contribution is 7.98. The molecule has 0 saturated carbocycles. The number of carbonyl (C=O) groups is 1. The zero-order valence-corrected chi connectivity index (χ0v) is 12.2. The predicted molar refractivity (Wildman–Crippen MR) is 83.9 cm³/mol. The van der Waals surface area contributed by atoms with Gasteiger partial charge in [-0.3, -0.25) is 0 Å². The SMILES string of the molecule is COc1ccccc1NC(=O)Nc1cccc(SC)c1. The largest absolute Gasteiger partial charge is 0.495 e. The van der Waals surface area contributed by atoms with Crippen molar-refractivity contribution in [1.82, 2.24) is 0 Å². The first-order chi connectivity index (χ1) is 9.72. The molecule has 104 valence electrons. The average Bonchev–Trinajstić information content (AvgIpc) is 2.48. The summed E-state index contributed by atoms with van der Waals surface area (Å²) in [6.45, 7) is 0. The first-order valence-electron chi connectivity index (χ1n) is 6.08. The summed E-state index contributed by atoms with van der Waals surface area (Å²) in [7, 11) is 1.57. The Hall–Kier alpha value is -2.14. The highest BCUT2D eigenvalue weighted by Crippen LogP contribution is 2.23. The molecule has 2 aromatic carbocycles. The van der Waals surface area contributed by atoms with Crippen LogP contribution in [-0.4, -0.2) is 19.4 Å². The van der Waals surface area contributed by atoms with Crippen molar-refractivity contribution in [3.05, 3.63) is 48.5 Å². The molecule has 0 fully saturated rings. The summed E-state index contributed by atoms with van der Waals surface area (Å²) in [5.74, 6) is 0.625. The number of carbonyl (C=O) groups excluding carboxylic acids is 1. The molecule has 0 aliphatic carbocycles. The maximum absolute atomic E-state index is 12.0. The van der Waals surface area contributed by atoms with Crippen LogP contribution in [0.4, 0.5) is 16.2 Å². The number of para-hydroxylation sites is 2. The van der Waals surface area contributed by atoms with Crippen molar-refractivity contribution in [1.29, 1.82) is 0 Å². The van der Waals surface area contributed by atoms with Crippen molar-refractivity contribution >= 4 is 29.2 Å². The van der Waals surface area contributed by atoms with Crippen molar-refractivity contribution < 1.29 is 9.53 Å². The molecular formula is C15H16N2O2S. The van der Waals surface area contributed by atoms with Crippen LogP contribution in [0, 0.1) is 0 Å². The van der Waals surface area contributed by atoms with Crippen LogP contribution >= 0.6 is 11.8 Å². The van der Waals surface area contributed by atoms with E-state index >= 15 is 0 Å². The monoisotopic (exact) mass is 288 g/mol. The summed E-state index contributed by atoms with van der Waals surface area (Å²) < 4.78 is 5.19. The topological polar surface area (TPSA) is 50.4 Å². The van der Waals surface area contributed by atoms with Gasteiger partial charge in [0.25, 0.3) is 0 Å². The molecule has 4 nitrogen and oxygen atoms in total. The summed E-state index contributed by atoms with van der Waals surface area (Å²) in [5, 5.41) is 5.56. The Morgan fingerprint density at radius 3 is 2.65 bits per heavy atom. The number of anilines is 2. The van der Waals surface area contributed by atoms with Crippen molar-refractivity contribution in [2.45, 2.75) is 4.90 Å². The van der Waals surface area contributed by atoms with Gasteiger partial charge in [-0.05, 0) is 36.6 Å². The molecule has 0 spiro atoms. The molecule has 0 unspecified atom stereocenters. The van der Waals surface area contributed by atoms with E-state index in [1.54, 1.807) is 31.0 Å². The molecule has 0 bridgehead atoms. The Bertz CT molecular complexity index is 602. The lowest BCUT2D eigenvalue weighted by atomic mass is 10.3. The third-order valence-electron chi connectivity index (χ3n) is 2.68. The Morgan fingerprint density at radius 1 is 1.10 bits per heavy atom. The van der Waals surface area contributed by atoms with E-state index in [0.717, 1.165) is 10.6 Å². The number of thioether (sulfide) groups is 1. The number of urea groups is 1. The second-order valence-electron chi connectivity index (χ2n) is 4.01. The maximum atomic E-state index is 12.0. The van der Waals surface area contributed by atoms with E-state index < -0.39 is 0 Å². The molecule has 0 atom stereocenters. The van der Waals surface area contributed by atoms with E-state index in [2.05, 4.69) is 10.6 Å². The van der Waals surface area contributed by atoms with E-state index in [0.29, 0.717) is 11.4 Å². The Balaban J connectivity index is 2.05. The number of benzene rings is 2. The van der Waals surface area contributed by atoms with Crippen molar-refractivity contribution in [3.8, 4) is 5.75 Å². The van der Waals surface area contributed by atoms with E-state index in [1.165, 1.54) is 0 Å². The second-order valence-corrected chi connectivity index (χ2v) is 4.89. The van der Waals surface area contributed by atoms with Gasteiger partial charge in [0, 0.05) is 10.6 Å². The van der Waals surface area contributed by atoms with Crippen LogP contribution in [-0.2, 0) is 0 Å². The minimum absolute atomic E-state index is 0.298. The van der Waals surface area contributed by atoms with Crippen molar-refractivity contribution in [2.24, 2.45) is 0 Å². The molecule has 2 rings (SSSR count). The average molecular weight is 288 g/mol. The molecular weight excluding hydrogens is 272 g/mol. The van der Waals surface area contributed by atoms with Crippen LogP contribution in [0.25, 0.3) is 0 Å². The smallest absolute Gasteiger partial charge is 0.323 e.